The highest BCUT2D eigenvalue weighted by Crippen LogP contribution is 2.23. The summed E-state index contributed by atoms with van der Waals surface area (Å²) in [5.74, 6) is -0.730. The van der Waals surface area contributed by atoms with Crippen molar-refractivity contribution in [2.75, 3.05) is 19.6 Å². The SMILES string of the molecule is CC(C)(C)OC(=O)NCC[C@@H](C(=O)OC(C)(C)C)N1CCC(C(=O)OCc2ccccc2)CC1. The number of nitrogens with zero attached hydrogens (tertiary/aromatic N) is 1. The minimum Gasteiger partial charge on any atom is -0.461 e. The zero-order valence-electron chi connectivity index (χ0n) is 21.4. The van der Waals surface area contributed by atoms with Crippen molar-refractivity contribution in [3.8, 4) is 0 Å². The molecule has 2 rings (SSSR count). The summed E-state index contributed by atoms with van der Waals surface area (Å²) >= 11 is 0. The number of rotatable bonds is 8. The van der Waals surface area contributed by atoms with Gasteiger partial charge in [-0.25, -0.2) is 4.79 Å². The summed E-state index contributed by atoms with van der Waals surface area (Å²) in [5, 5.41) is 2.72. The van der Waals surface area contributed by atoms with Gasteiger partial charge in [0.1, 0.15) is 23.9 Å². The molecule has 1 aromatic carbocycles. The summed E-state index contributed by atoms with van der Waals surface area (Å²) in [7, 11) is 0. The van der Waals surface area contributed by atoms with Crippen molar-refractivity contribution in [3.05, 3.63) is 35.9 Å². The predicted molar refractivity (Wildman–Crippen MR) is 129 cm³/mol. The maximum Gasteiger partial charge on any atom is 0.407 e. The molecule has 1 atom stereocenters. The van der Waals surface area contributed by atoms with Crippen LogP contribution < -0.4 is 5.32 Å². The summed E-state index contributed by atoms with van der Waals surface area (Å²) in [6.45, 7) is 12.6. The summed E-state index contributed by atoms with van der Waals surface area (Å²) in [4.78, 5) is 39.5. The zero-order valence-corrected chi connectivity index (χ0v) is 21.4. The van der Waals surface area contributed by atoms with Gasteiger partial charge in [0.25, 0.3) is 0 Å². The topological polar surface area (TPSA) is 94.2 Å². The number of carbonyl (C=O) groups excluding carboxylic acids is 3. The molecule has 1 amide bonds. The van der Waals surface area contributed by atoms with E-state index in [0.717, 1.165) is 5.56 Å². The lowest BCUT2D eigenvalue weighted by Crippen LogP contribution is -2.50. The molecule has 34 heavy (non-hydrogen) atoms. The number of amides is 1. The second-order valence-corrected chi connectivity index (χ2v) is 10.7. The number of benzene rings is 1. The van der Waals surface area contributed by atoms with Gasteiger partial charge in [0, 0.05) is 6.54 Å². The van der Waals surface area contributed by atoms with Gasteiger partial charge in [-0.3, -0.25) is 14.5 Å². The Morgan fingerprint density at radius 2 is 1.56 bits per heavy atom. The van der Waals surface area contributed by atoms with Crippen LogP contribution in [0.15, 0.2) is 30.3 Å². The first-order valence-corrected chi connectivity index (χ1v) is 12.0. The highest BCUT2D eigenvalue weighted by Gasteiger charge is 2.35. The molecule has 0 aliphatic carbocycles. The Bertz CT molecular complexity index is 805. The highest BCUT2D eigenvalue weighted by molar-refractivity contribution is 5.77. The molecular weight excluding hydrogens is 436 g/mol. The average Bonchev–Trinajstić information content (AvgIpc) is 2.73. The first-order chi connectivity index (χ1) is 15.8. The summed E-state index contributed by atoms with van der Waals surface area (Å²) in [6, 6.07) is 9.08. The van der Waals surface area contributed by atoms with Gasteiger partial charge in [-0.15, -0.1) is 0 Å². The lowest BCUT2D eigenvalue weighted by atomic mass is 9.95. The van der Waals surface area contributed by atoms with E-state index >= 15 is 0 Å². The second-order valence-electron chi connectivity index (χ2n) is 10.7. The molecule has 0 aromatic heterocycles. The Balaban J connectivity index is 1.90. The van der Waals surface area contributed by atoms with E-state index in [1.165, 1.54) is 0 Å². The van der Waals surface area contributed by atoms with Crippen LogP contribution in [0.2, 0.25) is 0 Å². The molecule has 190 valence electrons. The number of hydrogen-bond acceptors (Lipinski definition) is 7. The van der Waals surface area contributed by atoms with Crippen LogP contribution in [0.4, 0.5) is 4.79 Å². The number of nitrogens with one attached hydrogen (secondary N) is 1. The fourth-order valence-corrected chi connectivity index (χ4v) is 3.74. The van der Waals surface area contributed by atoms with Crippen LogP contribution in [0.5, 0.6) is 0 Å². The number of esters is 2. The molecule has 0 saturated carbocycles. The summed E-state index contributed by atoms with van der Waals surface area (Å²) in [6.07, 6.45) is 1.08. The lowest BCUT2D eigenvalue weighted by Gasteiger charge is -2.36. The molecule has 0 unspecified atom stereocenters. The molecule has 1 aromatic rings. The van der Waals surface area contributed by atoms with E-state index in [-0.39, 0.29) is 31.0 Å². The fourth-order valence-electron chi connectivity index (χ4n) is 3.74. The third kappa shape index (κ3) is 10.1. The van der Waals surface area contributed by atoms with E-state index in [9.17, 15) is 14.4 Å². The monoisotopic (exact) mass is 476 g/mol. The van der Waals surface area contributed by atoms with Gasteiger partial charge < -0.3 is 19.5 Å². The average molecular weight is 477 g/mol. The first kappa shape index (κ1) is 27.6. The molecule has 1 heterocycles. The van der Waals surface area contributed by atoms with Crippen molar-refractivity contribution in [1.82, 2.24) is 10.2 Å². The van der Waals surface area contributed by atoms with E-state index < -0.39 is 23.3 Å². The number of alkyl carbamates (subject to hydrolysis) is 1. The molecule has 8 heteroatoms. The van der Waals surface area contributed by atoms with Gasteiger partial charge >= 0.3 is 18.0 Å². The van der Waals surface area contributed by atoms with Crippen LogP contribution >= 0.6 is 0 Å². The Kier molecular flexibility index (Phi) is 9.91. The molecule has 0 spiro atoms. The van der Waals surface area contributed by atoms with Crippen LogP contribution in [-0.2, 0) is 30.4 Å². The van der Waals surface area contributed by atoms with Crippen LogP contribution in [-0.4, -0.2) is 59.8 Å². The number of hydrogen-bond donors (Lipinski definition) is 1. The number of likely N-dealkylation sites (tertiary alicyclic amines) is 1. The van der Waals surface area contributed by atoms with E-state index in [0.29, 0.717) is 32.4 Å². The van der Waals surface area contributed by atoms with Gasteiger partial charge in [-0.1, -0.05) is 30.3 Å². The Morgan fingerprint density at radius 3 is 2.12 bits per heavy atom. The van der Waals surface area contributed by atoms with Crippen molar-refractivity contribution in [2.45, 2.75) is 84.7 Å². The van der Waals surface area contributed by atoms with E-state index in [4.69, 9.17) is 14.2 Å². The number of piperidine rings is 1. The third-order valence-corrected chi connectivity index (χ3v) is 5.29. The quantitative estimate of drug-likeness (QED) is 0.446. The van der Waals surface area contributed by atoms with E-state index in [1.54, 1.807) is 20.8 Å². The minimum atomic E-state index is -0.618. The largest absolute Gasteiger partial charge is 0.461 e. The predicted octanol–water partition coefficient (Wildman–Crippen LogP) is 4.07. The summed E-state index contributed by atoms with van der Waals surface area (Å²) in [5.41, 5.74) is -0.255. The maximum atomic E-state index is 12.9. The van der Waals surface area contributed by atoms with Crippen molar-refractivity contribution in [1.29, 1.82) is 0 Å². The molecule has 1 saturated heterocycles. The molecular formula is C26H40N2O6. The minimum absolute atomic E-state index is 0.195. The van der Waals surface area contributed by atoms with E-state index in [1.807, 2.05) is 56.0 Å². The van der Waals surface area contributed by atoms with Crippen LogP contribution in [0, 0.1) is 5.92 Å². The van der Waals surface area contributed by atoms with Crippen molar-refractivity contribution in [3.63, 3.8) is 0 Å². The van der Waals surface area contributed by atoms with Crippen LogP contribution in [0.3, 0.4) is 0 Å². The van der Waals surface area contributed by atoms with Gasteiger partial charge in [0.2, 0.25) is 0 Å². The standard InChI is InChI=1S/C26H40N2O6/c1-25(2,3)33-23(30)21(12-15-27-24(31)34-26(4,5)6)28-16-13-20(14-17-28)22(29)32-18-19-10-8-7-9-11-19/h7-11,20-21H,12-18H2,1-6H3,(H,27,31)/t21-/m0/s1. The smallest absolute Gasteiger partial charge is 0.407 e. The second kappa shape index (κ2) is 12.2. The van der Waals surface area contributed by atoms with Gasteiger partial charge in [0.15, 0.2) is 0 Å². The number of ether oxygens (including phenoxy) is 3. The Morgan fingerprint density at radius 1 is 0.971 bits per heavy atom. The molecule has 0 bridgehead atoms. The molecule has 0 radical (unpaired) electrons. The summed E-state index contributed by atoms with van der Waals surface area (Å²) < 4.78 is 16.4. The van der Waals surface area contributed by atoms with E-state index in [2.05, 4.69) is 5.32 Å². The zero-order chi connectivity index (χ0) is 25.4. The van der Waals surface area contributed by atoms with Gasteiger partial charge in [0.05, 0.1) is 5.92 Å². The number of carbonyl (C=O) groups is 3. The molecule has 8 nitrogen and oxygen atoms in total. The molecule has 1 aliphatic heterocycles. The molecule has 1 aliphatic rings. The van der Waals surface area contributed by atoms with Crippen LogP contribution in [0.1, 0.15) is 66.4 Å². The molecule has 1 fully saturated rings. The van der Waals surface area contributed by atoms with Crippen LogP contribution in [0.25, 0.3) is 0 Å². The third-order valence-electron chi connectivity index (χ3n) is 5.29. The first-order valence-electron chi connectivity index (χ1n) is 12.0. The normalized spacial score (nSPS) is 16.4. The Labute approximate surface area is 203 Å². The Hall–Kier alpha value is -2.61. The fraction of sp³-hybridized carbons (Fsp3) is 0.654. The highest BCUT2D eigenvalue weighted by atomic mass is 16.6. The van der Waals surface area contributed by atoms with Gasteiger partial charge in [-0.05, 0) is 79.5 Å². The van der Waals surface area contributed by atoms with Crippen molar-refractivity contribution >= 4 is 18.0 Å². The van der Waals surface area contributed by atoms with Crippen molar-refractivity contribution in [2.24, 2.45) is 5.92 Å². The van der Waals surface area contributed by atoms with Crippen molar-refractivity contribution < 1.29 is 28.6 Å². The molecule has 1 N–H and O–H groups in total. The van der Waals surface area contributed by atoms with Gasteiger partial charge in [-0.2, -0.15) is 0 Å². The maximum absolute atomic E-state index is 12.9. The lowest BCUT2D eigenvalue weighted by molar-refractivity contribution is -0.163.